The van der Waals surface area contributed by atoms with Crippen molar-refractivity contribution in [3.8, 4) is 0 Å². The Kier molecular flexibility index (Phi) is 1.61. The molecule has 12 heavy (non-hydrogen) atoms. The van der Waals surface area contributed by atoms with Gasteiger partial charge in [-0.2, -0.15) is 0 Å². The summed E-state index contributed by atoms with van der Waals surface area (Å²) in [5, 5.41) is 0. The lowest BCUT2D eigenvalue weighted by atomic mass is 9.63. The Morgan fingerprint density at radius 3 is 2.50 bits per heavy atom. The number of epoxide rings is 1. The van der Waals surface area contributed by atoms with E-state index in [-0.39, 0.29) is 5.60 Å². The van der Waals surface area contributed by atoms with Crippen molar-refractivity contribution in [1.29, 1.82) is 0 Å². The zero-order chi connectivity index (χ0) is 8.98. The Morgan fingerprint density at radius 1 is 1.33 bits per heavy atom. The van der Waals surface area contributed by atoms with Gasteiger partial charge in [0, 0.05) is 0 Å². The standard InChI is InChI=1S/C11H20O/c1-5-8-10(2,3)7-6-9-11(8,4)12-9/h8-9H,5-7H2,1-4H3. The molecule has 3 unspecified atom stereocenters. The normalized spacial score (nSPS) is 50.0. The summed E-state index contributed by atoms with van der Waals surface area (Å²) in [6, 6.07) is 0. The monoisotopic (exact) mass is 168 g/mol. The van der Waals surface area contributed by atoms with Crippen LogP contribution >= 0.6 is 0 Å². The molecule has 1 nitrogen and oxygen atoms in total. The van der Waals surface area contributed by atoms with Crippen molar-refractivity contribution in [2.45, 2.75) is 58.7 Å². The Morgan fingerprint density at radius 2 is 2.00 bits per heavy atom. The molecule has 1 saturated heterocycles. The molecule has 0 aromatic rings. The van der Waals surface area contributed by atoms with Crippen LogP contribution < -0.4 is 0 Å². The second kappa shape index (κ2) is 2.25. The fourth-order valence-electron chi connectivity index (χ4n) is 3.34. The van der Waals surface area contributed by atoms with Gasteiger partial charge in [0.2, 0.25) is 0 Å². The molecule has 0 bridgehead atoms. The van der Waals surface area contributed by atoms with Crippen LogP contribution in [0.5, 0.6) is 0 Å². The van der Waals surface area contributed by atoms with E-state index < -0.39 is 0 Å². The summed E-state index contributed by atoms with van der Waals surface area (Å²) in [6.07, 6.45) is 4.47. The highest BCUT2D eigenvalue weighted by Crippen LogP contribution is 2.58. The van der Waals surface area contributed by atoms with Crippen LogP contribution in [0.25, 0.3) is 0 Å². The minimum absolute atomic E-state index is 0.247. The summed E-state index contributed by atoms with van der Waals surface area (Å²) in [4.78, 5) is 0. The Labute approximate surface area is 75.5 Å². The van der Waals surface area contributed by atoms with E-state index >= 15 is 0 Å². The van der Waals surface area contributed by atoms with Crippen molar-refractivity contribution < 1.29 is 4.74 Å². The summed E-state index contributed by atoms with van der Waals surface area (Å²) in [7, 11) is 0. The van der Waals surface area contributed by atoms with Crippen LogP contribution in [-0.2, 0) is 4.74 Å². The summed E-state index contributed by atoms with van der Waals surface area (Å²) in [5.41, 5.74) is 0.743. The van der Waals surface area contributed by atoms with Crippen LogP contribution in [0, 0.1) is 11.3 Å². The van der Waals surface area contributed by atoms with Crippen molar-refractivity contribution in [2.75, 3.05) is 0 Å². The molecule has 3 atom stereocenters. The summed E-state index contributed by atoms with van der Waals surface area (Å²) in [6.45, 7) is 9.38. The molecule has 1 heterocycles. The topological polar surface area (TPSA) is 12.5 Å². The fourth-order valence-corrected chi connectivity index (χ4v) is 3.34. The maximum absolute atomic E-state index is 5.80. The molecule has 1 aliphatic carbocycles. The smallest absolute Gasteiger partial charge is 0.0953 e. The Hall–Kier alpha value is -0.0400. The average Bonchev–Trinajstić information content (AvgIpc) is 2.59. The van der Waals surface area contributed by atoms with Gasteiger partial charge in [-0.3, -0.25) is 0 Å². The van der Waals surface area contributed by atoms with Crippen LogP contribution in [0.3, 0.4) is 0 Å². The molecule has 0 aromatic heterocycles. The molecule has 0 aromatic carbocycles. The molecule has 0 amide bonds. The molecular weight excluding hydrogens is 148 g/mol. The largest absolute Gasteiger partial charge is 0.366 e. The summed E-state index contributed by atoms with van der Waals surface area (Å²) < 4.78 is 5.80. The first kappa shape index (κ1) is 8.55. The third kappa shape index (κ3) is 0.953. The van der Waals surface area contributed by atoms with Crippen molar-refractivity contribution in [3.05, 3.63) is 0 Å². The van der Waals surface area contributed by atoms with Crippen LogP contribution in [0.15, 0.2) is 0 Å². The predicted molar refractivity (Wildman–Crippen MR) is 50.1 cm³/mol. The third-order valence-corrected chi connectivity index (χ3v) is 4.07. The lowest BCUT2D eigenvalue weighted by Gasteiger charge is -2.40. The van der Waals surface area contributed by atoms with Crippen molar-refractivity contribution in [1.82, 2.24) is 0 Å². The van der Waals surface area contributed by atoms with Crippen LogP contribution in [0.1, 0.15) is 47.0 Å². The first-order valence-electron chi connectivity index (χ1n) is 5.18. The molecule has 2 aliphatic rings. The highest BCUT2D eigenvalue weighted by Gasteiger charge is 2.63. The van der Waals surface area contributed by atoms with Crippen LogP contribution in [0.4, 0.5) is 0 Å². The van der Waals surface area contributed by atoms with Crippen LogP contribution in [-0.4, -0.2) is 11.7 Å². The van der Waals surface area contributed by atoms with E-state index in [1.807, 2.05) is 0 Å². The average molecular weight is 168 g/mol. The lowest BCUT2D eigenvalue weighted by Crippen LogP contribution is -2.39. The zero-order valence-electron chi connectivity index (χ0n) is 8.68. The maximum Gasteiger partial charge on any atom is 0.0953 e. The van der Waals surface area contributed by atoms with Gasteiger partial charge in [0.15, 0.2) is 0 Å². The van der Waals surface area contributed by atoms with Gasteiger partial charge in [0.25, 0.3) is 0 Å². The Balaban J connectivity index is 2.21. The van der Waals surface area contributed by atoms with Crippen molar-refractivity contribution in [3.63, 3.8) is 0 Å². The molecule has 0 radical (unpaired) electrons. The van der Waals surface area contributed by atoms with E-state index in [4.69, 9.17) is 4.74 Å². The van der Waals surface area contributed by atoms with Crippen molar-refractivity contribution >= 4 is 0 Å². The van der Waals surface area contributed by atoms with Gasteiger partial charge in [-0.25, -0.2) is 0 Å². The van der Waals surface area contributed by atoms with Gasteiger partial charge in [-0.1, -0.05) is 20.8 Å². The van der Waals surface area contributed by atoms with E-state index in [0.29, 0.717) is 11.5 Å². The van der Waals surface area contributed by atoms with E-state index in [1.165, 1.54) is 19.3 Å². The molecular formula is C11H20O. The maximum atomic E-state index is 5.80. The highest BCUT2D eigenvalue weighted by molar-refractivity contribution is 5.11. The second-order valence-electron chi connectivity index (χ2n) is 5.28. The van der Waals surface area contributed by atoms with E-state index in [2.05, 4.69) is 27.7 Å². The summed E-state index contributed by atoms with van der Waals surface area (Å²) >= 11 is 0. The van der Waals surface area contributed by atoms with Gasteiger partial charge in [0.1, 0.15) is 0 Å². The molecule has 2 rings (SSSR count). The van der Waals surface area contributed by atoms with Gasteiger partial charge in [0.05, 0.1) is 11.7 Å². The number of hydrogen-bond acceptors (Lipinski definition) is 1. The zero-order valence-corrected chi connectivity index (χ0v) is 8.68. The predicted octanol–water partition coefficient (Wildman–Crippen LogP) is 2.99. The molecule has 2 fully saturated rings. The first-order chi connectivity index (χ1) is 5.50. The van der Waals surface area contributed by atoms with Gasteiger partial charge in [-0.15, -0.1) is 0 Å². The number of rotatable bonds is 1. The Bertz CT molecular complexity index is 192. The molecule has 1 saturated carbocycles. The molecule has 70 valence electrons. The SMILES string of the molecule is CCC1C(C)(C)CCC2OC21C. The van der Waals surface area contributed by atoms with E-state index in [0.717, 1.165) is 5.92 Å². The first-order valence-corrected chi connectivity index (χ1v) is 5.18. The number of ether oxygens (including phenoxy) is 1. The van der Waals surface area contributed by atoms with Crippen LogP contribution in [0.2, 0.25) is 0 Å². The minimum Gasteiger partial charge on any atom is -0.366 e. The fraction of sp³-hybridized carbons (Fsp3) is 1.00. The van der Waals surface area contributed by atoms with Gasteiger partial charge in [-0.05, 0) is 37.5 Å². The quantitative estimate of drug-likeness (QED) is 0.548. The molecule has 0 N–H and O–H groups in total. The van der Waals surface area contributed by atoms with E-state index in [1.54, 1.807) is 0 Å². The molecule has 1 aliphatic heterocycles. The second-order valence-corrected chi connectivity index (χ2v) is 5.28. The lowest BCUT2D eigenvalue weighted by molar-refractivity contribution is 0.0918. The summed E-state index contributed by atoms with van der Waals surface area (Å²) in [5.74, 6) is 0.767. The number of hydrogen-bond donors (Lipinski definition) is 0. The van der Waals surface area contributed by atoms with Gasteiger partial charge < -0.3 is 4.74 Å². The van der Waals surface area contributed by atoms with E-state index in [9.17, 15) is 0 Å². The van der Waals surface area contributed by atoms with Crippen molar-refractivity contribution in [2.24, 2.45) is 11.3 Å². The molecule has 1 heteroatoms. The highest BCUT2D eigenvalue weighted by atomic mass is 16.6. The van der Waals surface area contributed by atoms with Gasteiger partial charge >= 0.3 is 0 Å². The minimum atomic E-state index is 0.247. The number of fused-ring (bicyclic) bond motifs is 1. The third-order valence-electron chi connectivity index (χ3n) is 4.07. The molecule has 0 spiro atoms.